The lowest BCUT2D eigenvalue weighted by Gasteiger charge is -2.21. The summed E-state index contributed by atoms with van der Waals surface area (Å²) in [5.74, 6) is -0.983. The molecule has 0 aromatic carbocycles. The molecule has 7 heteroatoms. The number of aromatic nitrogens is 2. The van der Waals surface area contributed by atoms with Gasteiger partial charge >= 0.3 is 5.97 Å². The molecule has 0 saturated heterocycles. The third-order valence-corrected chi connectivity index (χ3v) is 3.27. The number of hydrogen-bond donors (Lipinski definition) is 0. The number of aryl methyl sites for hydroxylation is 2. The molecule has 0 aliphatic rings. The Bertz CT molecular complexity index is 607. The summed E-state index contributed by atoms with van der Waals surface area (Å²) in [6.07, 6.45) is 0.673. The van der Waals surface area contributed by atoms with Crippen LogP contribution in [0.25, 0.3) is 0 Å². The predicted octanol–water partition coefficient (Wildman–Crippen LogP) is 0.422. The molecule has 0 bridgehead atoms. The fourth-order valence-corrected chi connectivity index (χ4v) is 2.00. The Morgan fingerprint density at radius 1 is 1.33 bits per heavy atom. The van der Waals surface area contributed by atoms with Gasteiger partial charge in [-0.3, -0.25) is 14.4 Å². The molecule has 0 N–H and O–H groups in total. The average Bonchev–Trinajstić information content (AvgIpc) is 2.44. The number of hydrogen-bond acceptors (Lipinski definition) is 5. The molecule has 1 amide bonds. The van der Waals surface area contributed by atoms with Gasteiger partial charge in [0.25, 0.3) is 11.5 Å². The Morgan fingerprint density at radius 2 is 1.95 bits per heavy atom. The van der Waals surface area contributed by atoms with Gasteiger partial charge in [-0.25, -0.2) is 4.68 Å². The van der Waals surface area contributed by atoms with Crippen molar-refractivity contribution in [1.82, 2.24) is 14.7 Å². The first kappa shape index (κ1) is 16.9. The normalized spacial score (nSPS) is 10.3. The first-order valence-corrected chi connectivity index (χ1v) is 6.74. The van der Waals surface area contributed by atoms with E-state index in [1.165, 1.54) is 19.1 Å². The van der Waals surface area contributed by atoms with E-state index >= 15 is 0 Å². The van der Waals surface area contributed by atoms with Crippen molar-refractivity contribution in [3.05, 3.63) is 27.2 Å². The molecule has 21 heavy (non-hydrogen) atoms. The third kappa shape index (κ3) is 3.68. The van der Waals surface area contributed by atoms with Gasteiger partial charge in [0.1, 0.15) is 12.1 Å². The molecule has 0 atom stereocenters. The number of rotatable bonds is 5. The van der Waals surface area contributed by atoms with E-state index in [1.807, 2.05) is 6.92 Å². The van der Waals surface area contributed by atoms with E-state index in [1.54, 1.807) is 13.8 Å². The number of esters is 1. The van der Waals surface area contributed by atoms with Gasteiger partial charge in [0, 0.05) is 13.6 Å². The van der Waals surface area contributed by atoms with E-state index in [0.29, 0.717) is 24.2 Å². The molecule has 0 spiro atoms. The molecular formula is C14H21N3O4. The summed E-state index contributed by atoms with van der Waals surface area (Å²) < 4.78 is 5.73. The van der Waals surface area contributed by atoms with E-state index in [9.17, 15) is 14.4 Å². The van der Waals surface area contributed by atoms with E-state index < -0.39 is 17.4 Å². The molecule has 1 aromatic heterocycles. The SMILES string of the molecule is CCCN(CC(=O)OC)C(=O)c1c(C)c(C)nn(C)c1=O. The summed E-state index contributed by atoms with van der Waals surface area (Å²) in [5, 5.41) is 4.04. The number of nitrogens with zero attached hydrogens (tertiary/aromatic N) is 3. The lowest BCUT2D eigenvalue weighted by atomic mass is 10.1. The molecule has 116 valence electrons. The Hall–Kier alpha value is -2.18. The standard InChI is InChI=1S/C14H21N3O4/c1-6-7-17(8-11(18)21-5)14(20)12-9(2)10(3)15-16(4)13(12)19/h6-8H2,1-5H3. The van der Waals surface area contributed by atoms with E-state index in [0.717, 1.165) is 4.68 Å². The second-order valence-electron chi connectivity index (χ2n) is 4.82. The van der Waals surface area contributed by atoms with Gasteiger partial charge < -0.3 is 9.64 Å². The van der Waals surface area contributed by atoms with Gasteiger partial charge in [-0.2, -0.15) is 5.10 Å². The van der Waals surface area contributed by atoms with Gasteiger partial charge in [0.05, 0.1) is 12.8 Å². The second-order valence-corrected chi connectivity index (χ2v) is 4.82. The Labute approximate surface area is 123 Å². The van der Waals surface area contributed by atoms with Gasteiger partial charge in [0.2, 0.25) is 0 Å². The minimum Gasteiger partial charge on any atom is -0.468 e. The number of carbonyl (C=O) groups excluding carboxylic acids is 2. The quantitative estimate of drug-likeness (QED) is 0.735. The zero-order valence-electron chi connectivity index (χ0n) is 13.1. The Kier molecular flexibility index (Phi) is 5.63. The van der Waals surface area contributed by atoms with Crippen LogP contribution in [-0.4, -0.2) is 46.8 Å². The maximum atomic E-state index is 12.6. The van der Waals surface area contributed by atoms with Gasteiger partial charge in [-0.15, -0.1) is 0 Å². The number of carbonyl (C=O) groups is 2. The Morgan fingerprint density at radius 3 is 2.48 bits per heavy atom. The van der Waals surface area contributed by atoms with Crippen LogP contribution in [0.2, 0.25) is 0 Å². The highest BCUT2D eigenvalue weighted by atomic mass is 16.5. The highest BCUT2D eigenvalue weighted by molar-refractivity contribution is 5.97. The summed E-state index contributed by atoms with van der Waals surface area (Å²) in [5.41, 5.74) is 0.737. The van der Waals surface area contributed by atoms with Crippen molar-refractivity contribution in [2.24, 2.45) is 7.05 Å². The highest BCUT2D eigenvalue weighted by Gasteiger charge is 2.24. The van der Waals surface area contributed by atoms with Crippen LogP contribution in [0.15, 0.2) is 4.79 Å². The summed E-state index contributed by atoms with van der Waals surface area (Å²) in [6, 6.07) is 0. The van der Waals surface area contributed by atoms with Crippen LogP contribution < -0.4 is 5.56 Å². The van der Waals surface area contributed by atoms with E-state index in [-0.39, 0.29) is 12.1 Å². The van der Waals surface area contributed by atoms with Crippen LogP contribution in [-0.2, 0) is 16.6 Å². The number of ether oxygens (including phenoxy) is 1. The van der Waals surface area contributed by atoms with Gasteiger partial charge in [0.15, 0.2) is 0 Å². The van der Waals surface area contributed by atoms with Crippen LogP contribution in [0.5, 0.6) is 0 Å². The Balaban J connectivity index is 3.27. The second kappa shape index (κ2) is 7.01. The number of methoxy groups -OCH3 is 1. The highest BCUT2D eigenvalue weighted by Crippen LogP contribution is 2.10. The van der Waals surface area contributed by atoms with Gasteiger partial charge in [-0.05, 0) is 25.8 Å². The first-order valence-electron chi connectivity index (χ1n) is 6.74. The van der Waals surface area contributed by atoms with Gasteiger partial charge in [-0.1, -0.05) is 6.92 Å². The maximum Gasteiger partial charge on any atom is 0.325 e. The van der Waals surface area contributed by atoms with Crippen molar-refractivity contribution in [2.45, 2.75) is 27.2 Å². The molecule has 0 saturated carbocycles. The molecule has 1 aromatic rings. The summed E-state index contributed by atoms with van der Waals surface area (Å²) in [7, 11) is 2.76. The first-order chi connectivity index (χ1) is 9.83. The smallest absolute Gasteiger partial charge is 0.325 e. The monoisotopic (exact) mass is 295 g/mol. The summed E-state index contributed by atoms with van der Waals surface area (Å²) in [6.45, 7) is 5.50. The molecule has 0 aliphatic carbocycles. The van der Waals surface area contributed by atoms with Crippen molar-refractivity contribution in [3.8, 4) is 0 Å². The van der Waals surface area contributed by atoms with E-state index in [4.69, 9.17) is 0 Å². The van der Waals surface area contributed by atoms with Crippen molar-refractivity contribution >= 4 is 11.9 Å². The molecule has 1 rings (SSSR count). The van der Waals surface area contributed by atoms with Crippen molar-refractivity contribution in [2.75, 3.05) is 20.2 Å². The zero-order chi connectivity index (χ0) is 16.2. The lowest BCUT2D eigenvalue weighted by molar-refractivity contribution is -0.141. The number of amides is 1. The molecule has 7 nitrogen and oxygen atoms in total. The van der Waals surface area contributed by atoms with Crippen LogP contribution in [0, 0.1) is 13.8 Å². The summed E-state index contributed by atoms with van der Waals surface area (Å²) in [4.78, 5) is 37.5. The largest absolute Gasteiger partial charge is 0.468 e. The van der Waals surface area contributed by atoms with Crippen molar-refractivity contribution in [1.29, 1.82) is 0 Å². The molecule has 1 heterocycles. The topological polar surface area (TPSA) is 81.5 Å². The lowest BCUT2D eigenvalue weighted by Crippen LogP contribution is -2.41. The summed E-state index contributed by atoms with van der Waals surface area (Å²) >= 11 is 0. The van der Waals surface area contributed by atoms with Crippen molar-refractivity contribution < 1.29 is 14.3 Å². The van der Waals surface area contributed by atoms with Crippen LogP contribution in [0.1, 0.15) is 35.0 Å². The third-order valence-electron chi connectivity index (χ3n) is 3.27. The minimum atomic E-state index is -0.517. The fraction of sp³-hybridized carbons (Fsp3) is 0.571. The molecule has 0 radical (unpaired) electrons. The molecular weight excluding hydrogens is 274 g/mol. The van der Waals surface area contributed by atoms with Crippen LogP contribution >= 0.6 is 0 Å². The van der Waals surface area contributed by atoms with Crippen LogP contribution in [0.4, 0.5) is 0 Å². The zero-order valence-corrected chi connectivity index (χ0v) is 13.1. The maximum absolute atomic E-state index is 12.6. The predicted molar refractivity (Wildman–Crippen MR) is 77.2 cm³/mol. The van der Waals surface area contributed by atoms with Crippen LogP contribution in [0.3, 0.4) is 0 Å². The van der Waals surface area contributed by atoms with Crippen molar-refractivity contribution in [3.63, 3.8) is 0 Å². The van der Waals surface area contributed by atoms with E-state index in [2.05, 4.69) is 9.84 Å². The minimum absolute atomic E-state index is 0.0577. The average molecular weight is 295 g/mol. The molecule has 0 fully saturated rings. The molecule has 0 aliphatic heterocycles. The molecule has 0 unspecified atom stereocenters. The fourth-order valence-electron chi connectivity index (χ4n) is 2.00.